The topological polar surface area (TPSA) is 86.5 Å². The summed E-state index contributed by atoms with van der Waals surface area (Å²) in [6.45, 7) is 9.91. The lowest BCUT2D eigenvalue weighted by atomic mass is 9.87. The van der Waals surface area contributed by atoms with E-state index < -0.39 is 0 Å². The molecule has 0 saturated heterocycles. The van der Waals surface area contributed by atoms with E-state index in [0.717, 1.165) is 17.1 Å². The molecule has 7 nitrogen and oxygen atoms in total. The summed E-state index contributed by atoms with van der Waals surface area (Å²) in [7, 11) is 0. The number of benzene rings is 2. The van der Waals surface area contributed by atoms with Crippen LogP contribution in [-0.2, 0) is 16.6 Å². The van der Waals surface area contributed by atoms with Crippen molar-refractivity contribution in [3.8, 4) is 22.9 Å². The van der Waals surface area contributed by atoms with Crippen molar-refractivity contribution in [2.24, 2.45) is 0 Å². The molecule has 0 bridgehead atoms. The maximum atomic E-state index is 12.1. The summed E-state index contributed by atoms with van der Waals surface area (Å²) in [6, 6.07) is 15.5. The first kappa shape index (κ1) is 23.3. The van der Waals surface area contributed by atoms with Crippen molar-refractivity contribution >= 4 is 5.91 Å². The van der Waals surface area contributed by atoms with Crippen molar-refractivity contribution in [1.82, 2.24) is 15.5 Å². The Hall–Kier alpha value is -3.35. The third-order valence-corrected chi connectivity index (χ3v) is 4.87. The van der Waals surface area contributed by atoms with E-state index in [1.165, 1.54) is 5.56 Å². The monoisotopic (exact) mass is 437 g/mol. The van der Waals surface area contributed by atoms with E-state index in [-0.39, 0.29) is 17.7 Å². The van der Waals surface area contributed by atoms with Crippen molar-refractivity contribution < 1.29 is 18.8 Å². The molecule has 0 aliphatic carbocycles. The molecule has 32 heavy (non-hydrogen) atoms. The zero-order chi connectivity index (χ0) is 23.0. The Kier molecular flexibility index (Phi) is 7.87. The number of aromatic nitrogens is 2. The second-order valence-corrected chi connectivity index (χ2v) is 8.44. The molecule has 7 heteroatoms. The molecular formula is C25H31N3O4. The summed E-state index contributed by atoms with van der Waals surface area (Å²) in [4.78, 5) is 16.5. The Morgan fingerprint density at radius 1 is 1.00 bits per heavy atom. The highest BCUT2D eigenvalue weighted by atomic mass is 16.5. The molecule has 170 valence electrons. The Balaban J connectivity index is 1.37. The minimum atomic E-state index is -0.0857. The Labute approximate surface area is 189 Å². The van der Waals surface area contributed by atoms with Crippen molar-refractivity contribution in [3.05, 3.63) is 60.0 Å². The fourth-order valence-electron chi connectivity index (χ4n) is 3.06. The summed E-state index contributed by atoms with van der Waals surface area (Å²) >= 11 is 0. The number of nitrogens with one attached hydrogen (secondary N) is 1. The van der Waals surface area contributed by atoms with Crippen LogP contribution in [0.5, 0.6) is 11.5 Å². The zero-order valence-electron chi connectivity index (χ0n) is 19.2. The molecule has 0 radical (unpaired) electrons. The van der Waals surface area contributed by atoms with Gasteiger partial charge >= 0.3 is 0 Å². The highest BCUT2D eigenvalue weighted by Crippen LogP contribution is 2.24. The van der Waals surface area contributed by atoms with Gasteiger partial charge in [0.2, 0.25) is 17.6 Å². The number of carbonyl (C=O) groups is 1. The summed E-state index contributed by atoms with van der Waals surface area (Å²) in [5.74, 6) is 2.42. The number of nitrogens with zero attached hydrogens (tertiary/aromatic N) is 2. The van der Waals surface area contributed by atoms with Gasteiger partial charge in [0.15, 0.2) is 0 Å². The van der Waals surface area contributed by atoms with Crippen LogP contribution in [0.3, 0.4) is 0 Å². The van der Waals surface area contributed by atoms with Crippen LogP contribution < -0.4 is 14.8 Å². The SMILES string of the molecule is CCOc1ccc(-c2noc(CCC(=O)NCCOc3ccc(C(C)(C)C)cc3)n2)cc1. The van der Waals surface area contributed by atoms with E-state index in [1.54, 1.807) is 0 Å². The zero-order valence-corrected chi connectivity index (χ0v) is 19.2. The number of aryl methyl sites for hydroxylation is 1. The normalized spacial score (nSPS) is 11.2. The van der Waals surface area contributed by atoms with Gasteiger partial charge in [-0.1, -0.05) is 38.1 Å². The number of hydrogen-bond acceptors (Lipinski definition) is 6. The van der Waals surface area contributed by atoms with Gasteiger partial charge in [0.1, 0.15) is 18.1 Å². The predicted molar refractivity (Wildman–Crippen MR) is 123 cm³/mol. The molecule has 1 heterocycles. The fraction of sp³-hybridized carbons (Fsp3) is 0.400. The summed E-state index contributed by atoms with van der Waals surface area (Å²) in [6.07, 6.45) is 0.649. The molecule has 2 aromatic carbocycles. The van der Waals surface area contributed by atoms with Crippen LogP contribution in [0.4, 0.5) is 0 Å². The molecule has 0 spiro atoms. The van der Waals surface area contributed by atoms with Gasteiger partial charge in [0, 0.05) is 18.4 Å². The average molecular weight is 438 g/mol. The highest BCUT2D eigenvalue weighted by molar-refractivity contribution is 5.76. The molecule has 0 fully saturated rings. The van der Waals surface area contributed by atoms with Crippen LogP contribution in [0.25, 0.3) is 11.4 Å². The van der Waals surface area contributed by atoms with Crippen LogP contribution in [0, 0.1) is 0 Å². The first-order valence-electron chi connectivity index (χ1n) is 10.9. The van der Waals surface area contributed by atoms with E-state index in [4.69, 9.17) is 14.0 Å². The summed E-state index contributed by atoms with van der Waals surface area (Å²) in [5, 5.41) is 6.84. The van der Waals surface area contributed by atoms with Gasteiger partial charge in [-0.05, 0) is 54.3 Å². The second kappa shape index (κ2) is 10.8. The van der Waals surface area contributed by atoms with Crippen molar-refractivity contribution in [2.45, 2.75) is 46.0 Å². The molecule has 0 aliphatic heterocycles. The quantitative estimate of drug-likeness (QED) is 0.468. The van der Waals surface area contributed by atoms with Crippen LogP contribution >= 0.6 is 0 Å². The van der Waals surface area contributed by atoms with E-state index in [1.807, 2.05) is 43.3 Å². The lowest BCUT2D eigenvalue weighted by Crippen LogP contribution is -2.28. The molecule has 0 saturated carbocycles. The standard InChI is InChI=1S/C25H31N3O4/c1-5-30-20-10-6-18(7-11-20)24-27-23(32-28-24)15-14-22(29)26-16-17-31-21-12-8-19(9-13-21)25(2,3)4/h6-13H,5,14-17H2,1-4H3,(H,26,29). The molecule has 1 amide bonds. The number of amides is 1. The van der Waals surface area contributed by atoms with Gasteiger partial charge in [0.25, 0.3) is 0 Å². The van der Waals surface area contributed by atoms with Crippen molar-refractivity contribution in [1.29, 1.82) is 0 Å². The Bertz CT molecular complexity index is 989. The third kappa shape index (κ3) is 6.83. The van der Waals surface area contributed by atoms with Crippen molar-refractivity contribution in [2.75, 3.05) is 19.8 Å². The molecule has 3 aromatic rings. The first-order valence-corrected chi connectivity index (χ1v) is 10.9. The van der Waals surface area contributed by atoms with Gasteiger partial charge in [-0.25, -0.2) is 0 Å². The minimum Gasteiger partial charge on any atom is -0.494 e. The predicted octanol–water partition coefficient (Wildman–Crippen LogP) is 4.56. The maximum absolute atomic E-state index is 12.1. The van der Waals surface area contributed by atoms with Crippen LogP contribution in [0.15, 0.2) is 53.1 Å². The smallest absolute Gasteiger partial charge is 0.227 e. The number of carbonyl (C=O) groups excluding carboxylic acids is 1. The van der Waals surface area contributed by atoms with Gasteiger partial charge in [0.05, 0.1) is 13.2 Å². The molecule has 1 N–H and O–H groups in total. The molecular weight excluding hydrogens is 406 g/mol. The maximum Gasteiger partial charge on any atom is 0.227 e. The van der Waals surface area contributed by atoms with Gasteiger partial charge in [-0.2, -0.15) is 4.98 Å². The Morgan fingerprint density at radius 3 is 2.31 bits per heavy atom. The number of hydrogen-bond donors (Lipinski definition) is 1. The third-order valence-electron chi connectivity index (χ3n) is 4.87. The van der Waals surface area contributed by atoms with E-state index in [9.17, 15) is 4.79 Å². The van der Waals surface area contributed by atoms with Crippen molar-refractivity contribution in [3.63, 3.8) is 0 Å². The molecule has 0 aliphatic rings. The van der Waals surface area contributed by atoms with Crippen LogP contribution in [0.1, 0.15) is 45.6 Å². The lowest BCUT2D eigenvalue weighted by Gasteiger charge is -2.19. The Morgan fingerprint density at radius 2 is 1.66 bits per heavy atom. The molecule has 3 rings (SSSR count). The molecule has 0 atom stereocenters. The number of ether oxygens (including phenoxy) is 2. The van der Waals surface area contributed by atoms with Gasteiger partial charge in [-0.15, -0.1) is 0 Å². The summed E-state index contributed by atoms with van der Waals surface area (Å²) in [5.41, 5.74) is 2.20. The average Bonchev–Trinajstić information content (AvgIpc) is 3.25. The van der Waals surface area contributed by atoms with E-state index in [0.29, 0.717) is 37.9 Å². The van der Waals surface area contributed by atoms with Crippen LogP contribution in [0.2, 0.25) is 0 Å². The van der Waals surface area contributed by atoms with E-state index >= 15 is 0 Å². The number of rotatable bonds is 10. The fourth-order valence-corrected chi connectivity index (χ4v) is 3.06. The lowest BCUT2D eigenvalue weighted by molar-refractivity contribution is -0.121. The largest absolute Gasteiger partial charge is 0.494 e. The first-order chi connectivity index (χ1) is 15.3. The van der Waals surface area contributed by atoms with Gasteiger partial charge in [-0.3, -0.25) is 4.79 Å². The summed E-state index contributed by atoms with van der Waals surface area (Å²) < 4.78 is 16.4. The molecule has 0 unspecified atom stereocenters. The van der Waals surface area contributed by atoms with Gasteiger partial charge < -0.3 is 19.3 Å². The van der Waals surface area contributed by atoms with Crippen LogP contribution in [-0.4, -0.2) is 35.8 Å². The second-order valence-electron chi connectivity index (χ2n) is 8.44. The minimum absolute atomic E-state index is 0.0857. The molecule has 1 aromatic heterocycles. The van der Waals surface area contributed by atoms with E-state index in [2.05, 4.69) is 48.4 Å². The highest BCUT2D eigenvalue weighted by Gasteiger charge is 2.13.